The van der Waals surface area contributed by atoms with Gasteiger partial charge >= 0.3 is 5.97 Å². The van der Waals surface area contributed by atoms with E-state index in [-0.39, 0.29) is 12.6 Å². The molecule has 1 saturated heterocycles. The number of piperidine rings is 1. The number of esters is 1. The smallest absolute Gasteiger partial charge is 0.337 e. The number of hydrogen-bond donors (Lipinski definition) is 2. The van der Waals surface area contributed by atoms with E-state index in [0.29, 0.717) is 5.56 Å². The molecule has 5 heteroatoms. The molecule has 0 unspecified atom stereocenters. The standard InChI is InChI=1S/C14H20N2O3/c1-19-13(18)11-2-4-12(5-3-11)16-8-6-14(15,10-17)7-9-16/h2-5,17H,6-10,15H2,1H3. The average Bonchev–Trinajstić information content (AvgIpc) is 2.47. The first-order valence-electron chi connectivity index (χ1n) is 6.41. The fraction of sp³-hybridized carbons (Fsp3) is 0.500. The van der Waals surface area contributed by atoms with Gasteiger partial charge in [-0.05, 0) is 37.1 Å². The maximum absolute atomic E-state index is 11.3. The Morgan fingerprint density at radius 2 is 1.95 bits per heavy atom. The van der Waals surface area contributed by atoms with E-state index in [1.54, 1.807) is 12.1 Å². The van der Waals surface area contributed by atoms with Crippen molar-refractivity contribution in [2.45, 2.75) is 18.4 Å². The Labute approximate surface area is 113 Å². The molecule has 0 aliphatic carbocycles. The van der Waals surface area contributed by atoms with Gasteiger partial charge in [-0.3, -0.25) is 0 Å². The summed E-state index contributed by atoms with van der Waals surface area (Å²) in [6.07, 6.45) is 1.53. The van der Waals surface area contributed by atoms with E-state index in [1.807, 2.05) is 12.1 Å². The minimum absolute atomic E-state index is 0.0299. The molecule has 0 aromatic heterocycles. The third-order valence-corrected chi connectivity index (χ3v) is 3.73. The van der Waals surface area contributed by atoms with Gasteiger partial charge in [-0.15, -0.1) is 0 Å². The maximum Gasteiger partial charge on any atom is 0.337 e. The van der Waals surface area contributed by atoms with Gasteiger partial charge in [0, 0.05) is 24.3 Å². The second-order valence-corrected chi connectivity index (χ2v) is 5.05. The second-order valence-electron chi connectivity index (χ2n) is 5.05. The van der Waals surface area contributed by atoms with Crippen LogP contribution in [0.5, 0.6) is 0 Å². The molecule has 2 rings (SSSR count). The van der Waals surface area contributed by atoms with Crippen LogP contribution >= 0.6 is 0 Å². The van der Waals surface area contributed by atoms with Crippen LogP contribution < -0.4 is 10.6 Å². The van der Waals surface area contributed by atoms with Crippen molar-refractivity contribution in [3.05, 3.63) is 29.8 Å². The minimum atomic E-state index is -0.442. The van der Waals surface area contributed by atoms with Gasteiger partial charge in [0.25, 0.3) is 0 Å². The molecule has 0 spiro atoms. The van der Waals surface area contributed by atoms with Gasteiger partial charge in [-0.2, -0.15) is 0 Å². The predicted molar refractivity (Wildman–Crippen MR) is 73.2 cm³/mol. The highest BCUT2D eigenvalue weighted by molar-refractivity contribution is 5.89. The van der Waals surface area contributed by atoms with E-state index in [2.05, 4.69) is 9.64 Å². The van der Waals surface area contributed by atoms with Crippen LogP contribution in [0.1, 0.15) is 23.2 Å². The van der Waals surface area contributed by atoms with Crippen molar-refractivity contribution in [2.75, 3.05) is 31.7 Å². The van der Waals surface area contributed by atoms with Gasteiger partial charge in [0.1, 0.15) is 0 Å². The fourth-order valence-corrected chi connectivity index (χ4v) is 2.29. The number of hydrogen-bond acceptors (Lipinski definition) is 5. The van der Waals surface area contributed by atoms with Gasteiger partial charge in [0.05, 0.1) is 19.3 Å². The van der Waals surface area contributed by atoms with Crippen molar-refractivity contribution in [1.82, 2.24) is 0 Å². The number of nitrogens with two attached hydrogens (primary N) is 1. The molecule has 1 aliphatic rings. The molecular weight excluding hydrogens is 244 g/mol. The van der Waals surface area contributed by atoms with E-state index in [1.165, 1.54) is 7.11 Å². The Bertz CT molecular complexity index is 437. The molecule has 0 saturated carbocycles. The van der Waals surface area contributed by atoms with Gasteiger partial charge in [-0.25, -0.2) is 4.79 Å². The van der Waals surface area contributed by atoms with Crippen LogP contribution in [-0.4, -0.2) is 43.4 Å². The third kappa shape index (κ3) is 3.05. The number of aliphatic hydroxyl groups is 1. The summed E-state index contributed by atoms with van der Waals surface area (Å²) in [4.78, 5) is 13.6. The minimum Gasteiger partial charge on any atom is -0.465 e. The van der Waals surface area contributed by atoms with Crippen molar-refractivity contribution < 1.29 is 14.6 Å². The summed E-state index contributed by atoms with van der Waals surface area (Å²) in [7, 11) is 1.37. The van der Waals surface area contributed by atoms with Crippen LogP contribution in [0.4, 0.5) is 5.69 Å². The summed E-state index contributed by atoms with van der Waals surface area (Å²) < 4.78 is 4.67. The van der Waals surface area contributed by atoms with Gasteiger partial charge in [0.2, 0.25) is 0 Å². The lowest BCUT2D eigenvalue weighted by Crippen LogP contribution is -2.52. The third-order valence-electron chi connectivity index (χ3n) is 3.73. The monoisotopic (exact) mass is 264 g/mol. The van der Waals surface area contributed by atoms with Gasteiger partial charge in [-0.1, -0.05) is 0 Å². The van der Waals surface area contributed by atoms with E-state index >= 15 is 0 Å². The molecule has 0 atom stereocenters. The largest absolute Gasteiger partial charge is 0.465 e. The molecule has 1 heterocycles. The Balaban J connectivity index is 2.02. The topological polar surface area (TPSA) is 75.8 Å². The summed E-state index contributed by atoms with van der Waals surface area (Å²) in [6, 6.07) is 7.35. The lowest BCUT2D eigenvalue weighted by molar-refractivity contribution is 0.0601. The number of ether oxygens (including phenoxy) is 1. The van der Waals surface area contributed by atoms with Crippen LogP contribution in [0.2, 0.25) is 0 Å². The highest BCUT2D eigenvalue weighted by Gasteiger charge is 2.29. The normalized spacial score (nSPS) is 18.2. The van der Waals surface area contributed by atoms with Crippen LogP contribution in [0.25, 0.3) is 0 Å². The highest BCUT2D eigenvalue weighted by atomic mass is 16.5. The molecule has 1 aliphatic heterocycles. The number of methoxy groups -OCH3 is 1. The highest BCUT2D eigenvalue weighted by Crippen LogP contribution is 2.24. The van der Waals surface area contributed by atoms with Crippen LogP contribution in [0.3, 0.4) is 0 Å². The Hall–Kier alpha value is -1.59. The first-order chi connectivity index (χ1) is 9.08. The molecule has 104 valence electrons. The summed E-state index contributed by atoms with van der Waals surface area (Å²) in [5.41, 5.74) is 7.21. The number of carbonyl (C=O) groups excluding carboxylic acids is 1. The molecule has 1 aromatic rings. The molecule has 19 heavy (non-hydrogen) atoms. The average molecular weight is 264 g/mol. The number of rotatable bonds is 3. The number of carbonyl (C=O) groups is 1. The molecule has 1 fully saturated rings. The summed E-state index contributed by atoms with van der Waals surface area (Å²) in [5.74, 6) is -0.327. The summed E-state index contributed by atoms with van der Waals surface area (Å²) in [5, 5.41) is 9.24. The van der Waals surface area contributed by atoms with Crippen molar-refractivity contribution in [3.8, 4) is 0 Å². The Kier molecular flexibility index (Phi) is 4.07. The number of aliphatic hydroxyl groups excluding tert-OH is 1. The van der Waals surface area contributed by atoms with Crippen molar-refractivity contribution in [3.63, 3.8) is 0 Å². The van der Waals surface area contributed by atoms with E-state index in [0.717, 1.165) is 31.6 Å². The van der Waals surface area contributed by atoms with Gasteiger partial charge < -0.3 is 20.5 Å². The first kappa shape index (κ1) is 13.8. The fourth-order valence-electron chi connectivity index (χ4n) is 2.29. The quantitative estimate of drug-likeness (QED) is 0.788. The molecule has 0 amide bonds. The SMILES string of the molecule is COC(=O)c1ccc(N2CCC(N)(CO)CC2)cc1. The van der Waals surface area contributed by atoms with Crippen LogP contribution in [0.15, 0.2) is 24.3 Å². The second kappa shape index (κ2) is 5.59. The zero-order chi connectivity index (χ0) is 13.9. The maximum atomic E-state index is 11.3. The lowest BCUT2D eigenvalue weighted by atomic mass is 9.89. The molecule has 3 N–H and O–H groups in total. The number of benzene rings is 1. The van der Waals surface area contributed by atoms with Gasteiger partial charge in [0.15, 0.2) is 0 Å². The van der Waals surface area contributed by atoms with E-state index < -0.39 is 5.54 Å². The number of nitrogens with zero attached hydrogens (tertiary/aromatic N) is 1. The first-order valence-corrected chi connectivity index (χ1v) is 6.41. The van der Waals surface area contributed by atoms with Crippen LogP contribution in [-0.2, 0) is 4.74 Å². The Morgan fingerprint density at radius 1 is 1.37 bits per heavy atom. The van der Waals surface area contributed by atoms with E-state index in [4.69, 9.17) is 5.73 Å². The summed E-state index contributed by atoms with van der Waals surface area (Å²) >= 11 is 0. The zero-order valence-electron chi connectivity index (χ0n) is 11.1. The van der Waals surface area contributed by atoms with Crippen molar-refractivity contribution >= 4 is 11.7 Å². The van der Waals surface area contributed by atoms with Crippen molar-refractivity contribution in [1.29, 1.82) is 0 Å². The molecular formula is C14H20N2O3. The van der Waals surface area contributed by atoms with Crippen molar-refractivity contribution in [2.24, 2.45) is 5.73 Å². The molecule has 0 radical (unpaired) electrons. The molecule has 1 aromatic carbocycles. The molecule has 5 nitrogen and oxygen atoms in total. The zero-order valence-corrected chi connectivity index (χ0v) is 11.1. The Morgan fingerprint density at radius 3 is 2.42 bits per heavy atom. The van der Waals surface area contributed by atoms with Crippen LogP contribution in [0, 0.1) is 0 Å². The molecule has 0 bridgehead atoms. The number of anilines is 1. The van der Waals surface area contributed by atoms with E-state index in [9.17, 15) is 9.90 Å². The predicted octanol–water partition coefficient (Wildman–Crippen LogP) is 0.763. The lowest BCUT2D eigenvalue weighted by Gasteiger charge is -2.39. The summed E-state index contributed by atoms with van der Waals surface area (Å²) in [6.45, 7) is 1.66.